The highest BCUT2D eigenvalue weighted by Crippen LogP contribution is 2.26. The molecular formula is C20H22N8O3S. The maximum Gasteiger partial charge on any atom is 0.264 e. The topological polar surface area (TPSA) is 165 Å². The zero-order chi connectivity index (χ0) is 22.9. The van der Waals surface area contributed by atoms with Crippen molar-refractivity contribution in [1.82, 2.24) is 19.9 Å². The summed E-state index contributed by atoms with van der Waals surface area (Å²) in [4.78, 5) is 28.3. The van der Waals surface area contributed by atoms with E-state index in [2.05, 4.69) is 35.3 Å². The molecule has 11 nitrogen and oxygen atoms in total. The summed E-state index contributed by atoms with van der Waals surface area (Å²) in [7, 11) is -3.86. The number of rotatable bonds is 8. The number of sulfonamides is 1. The summed E-state index contributed by atoms with van der Waals surface area (Å²) in [5, 5.41) is 6.15. The maximum absolute atomic E-state index is 12.7. The summed E-state index contributed by atoms with van der Waals surface area (Å²) in [6.45, 7) is 3.52. The molecule has 0 saturated heterocycles. The molecule has 166 valence electrons. The van der Waals surface area contributed by atoms with Crippen LogP contribution in [0.1, 0.15) is 34.6 Å². The number of aryl methyl sites for hydroxylation is 2. The van der Waals surface area contributed by atoms with Gasteiger partial charge >= 0.3 is 0 Å². The highest BCUT2D eigenvalue weighted by molar-refractivity contribution is 7.92. The normalized spacial score (nSPS) is 13.4. The molecule has 1 aliphatic rings. The number of aromatic nitrogens is 4. The van der Waals surface area contributed by atoms with Crippen molar-refractivity contribution < 1.29 is 13.2 Å². The molecule has 1 aliphatic carbocycles. The van der Waals surface area contributed by atoms with Crippen LogP contribution in [0.2, 0.25) is 0 Å². The monoisotopic (exact) mass is 454 g/mol. The summed E-state index contributed by atoms with van der Waals surface area (Å²) in [5.74, 6) is 0.0164. The second-order valence-corrected chi connectivity index (χ2v) is 9.15. The smallest absolute Gasteiger partial charge is 0.264 e. The van der Waals surface area contributed by atoms with Gasteiger partial charge in [-0.15, -0.1) is 0 Å². The fourth-order valence-corrected chi connectivity index (χ4v) is 3.89. The van der Waals surface area contributed by atoms with Crippen molar-refractivity contribution in [2.75, 3.05) is 15.4 Å². The molecule has 0 spiro atoms. The molecule has 3 aromatic rings. The van der Waals surface area contributed by atoms with E-state index in [0.29, 0.717) is 22.9 Å². The Morgan fingerprint density at radius 3 is 2.28 bits per heavy atom. The Balaban J connectivity index is 1.50. The highest BCUT2D eigenvalue weighted by atomic mass is 32.2. The fourth-order valence-electron chi connectivity index (χ4n) is 2.95. The first kappa shape index (κ1) is 21.4. The van der Waals surface area contributed by atoms with Crippen LogP contribution < -0.4 is 21.1 Å². The molecule has 12 heteroatoms. The zero-order valence-electron chi connectivity index (χ0n) is 17.5. The average molecular weight is 455 g/mol. The molecule has 0 bridgehead atoms. The summed E-state index contributed by atoms with van der Waals surface area (Å²) in [6, 6.07) is 8.06. The minimum absolute atomic E-state index is 0.0170. The number of carbonyl (C=O) groups is 1. The molecule has 1 aromatic carbocycles. The number of nitrogens with two attached hydrogens (primary N) is 1. The molecule has 1 fully saturated rings. The van der Waals surface area contributed by atoms with E-state index in [1.807, 2.05) is 0 Å². The van der Waals surface area contributed by atoms with E-state index >= 15 is 0 Å². The van der Waals surface area contributed by atoms with Crippen LogP contribution in [-0.4, -0.2) is 40.3 Å². The average Bonchev–Trinajstić information content (AvgIpc) is 3.51. The first-order chi connectivity index (χ1) is 15.2. The molecule has 32 heavy (non-hydrogen) atoms. The van der Waals surface area contributed by atoms with E-state index in [1.54, 1.807) is 32.0 Å². The zero-order valence-corrected chi connectivity index (χ0v) is 18.3. The molecular weight excluding hydrogens is 432 g/mol. The summed E-state index contributed by atoms with van der Waals surface area (Å²) in [5.41, 5.74) is 7.49. The molecule has 0 unspecified atom stereocenters. The predicted octanol–water partition coefficient (Wildman–Crippen LogP) is 2.10. The van der Waals surface area contributed by atoms with Crippen molar-refractivity contribution in [3.05, 3.63) is 53.5 Å². The number of nitrogens with one attached hydrogen (secondary N) is 3. The first-order valence-corrected chi connectivity index (χ1v) is 11.3. The van der Waals surface area contributed by atoms with Gasteiger partial charge in [-0.25, -0.2) is 28.1 Å². The molecule has 5 N–H and O–H groups in total. The van der Waals surface area contributed by atoms with Gasteiger partial charge in [-0.2, -0.15) is 4.98 Å². The van der Waals surface area contributed by atoms with Gasteiger partial charge in [0.15, 0.2) is 0 Å². The Morgan fingerprint density at radius 2 is 1.69 bits per heavy atom. The van der Waals surface area contributed by atoms with Crippen molar-refractivity contribution in [2.24, 2.45) is 5.73 Å². The number of amides is 1. The lowest BCUT2D eigenvalue weighted by Gasteiger charge is -2.11. The molecule has 0 atom stereocenters. The lowest BCUT2D eigenvalue weighted by atomic mass is 10.3. The molecule has 4 rings (SSSR count). The van der Waals surface area contributed by atoms with Gasteiger partial charge < -0.3 is 16.4 Å². The SMILES string of the molecule is Cc1cc(C)nc(NS(=O)(=O)c2ccc(Nc3ncc(C(N)=O)c(NC4CC4)n3)cc2)n1. The van der Waals surface area contributed by atoms with Crippen molar-refractivity contribution >= 4 is 39.3 Å². The number of hydrogen-bond acceptors (Lipinski definition) is 9. The Labute approximate surface area is 185 Å². The molecule has 2 heterocycles. The third-order valence-electron chi connectivity index (χ3n) is 4.60. The number of benzene rings is 1. The molecule has 1 amide bonds. The first-order valence-electron chi connectivity index (χ1n) is 9.85. The second-order valence-electron chi connectivity index (χ2n) is 7.47. The molecule has 0 radical (unpaired) electrons. The summed E-state index contributed by atoms with van der Waals surface area (Å²) >= 11 is 0. The number of primary amides is 1. The number of carbonyl (C=O) groups excluding carboxylic acids is 1. The van der Waals surface area contributed by atoms with Gasteiger partial charge in [0.25, 0.3) is 15.9 Å². The Hall–Kier alpha value is -3.80. The van der Waals surface area contributed by atoms with Gasteiger partial charge in [0.05, 0.1) is 10.5 Å². The van der Waals surface area contributed by atoms with Gasteiger partial charge in [0.1, 0.15) is 5.82 Å². The van der Waals surface area contributed by atoms with E-state index in [-0.39, 0.29) is 28.4 Å². The van der Waals surface area contributed by atoms with Crippen LogP contribution in [-0.2, 0) is 10.0 Å². The molecule has 0 aliphatic heterocycles. The van der Waals surface area contributed by atoms with Crippen LogP contribution in [0.25, 0.3) is 0 Å². The second kappa shape index (κ2) is 8.38. The Kier molecular flexibility index (Phi) is 5.61. The third-order valence-corrected chi connectivity index (χ3v) is 5.95. The Morgan fingerprint density at radius 1 is 1.03 bits per heavy atom. The summed E-state index contributed by atoms with van der Waals surface area (Å²) in [6.07, 6.45) is 3.36. The third kappa shape index (κ3) is 5.09. The van der Waals surface area contributed by atoms with Crippen molar-refractivity contribution in [2.45, 2.75) is 37.6 Å². The number of nitrogens with zero attached hydrogens (tertiary/aromatic N) is 4. The highest BCUT2D eigenvalue weighted by Gasteiger charge is 2.24. The van der Waals surface area contributed by atoms with Crippen LogP contribution in [0.15, 0.2) is 41.4 Å². The lowest BCUT2D eigenvalue weighted by molar-refractivity contribution is 0.100. The van der Waals surface area contributed by atoms with E-state index in [9.17, 15) is 13.2 Å². The fraction of sp³-hybridized carbons (Fsp3) is 0.250. The van der Waals surface area contributed by atoms with E-state index in [1.165, 1.54) is 18.3 Å². The lowest BCUT2D eigenvalue weighted by Crippen LogP contribution is -2.17. The van der Waals surface area contributed by atoms with Crippen LogP contribution in [0.5, 0.6) is 0 Å². The summed E-state index contributed by atoms with van der Waals surface area (Å²) < 4.78 is 27.7. The van der Waals surface area contributed by atoms with Gasteiger partial charge in [-0.3, -0.25) is 4.79 Å². The van der Waals surface area contributed by atoms with E-state index < -0.39 is 15.9 Å². The van der Waals surface area contributed by atoms with Crippen LogP contribution >= 0.6 is 0 Å². The number of anilines is 4. The van der Waals surface area contributed by atoms with E-state index in [4.69, 9.17) is 5.73 Å². The molecule has 2 aromatic heterocycles. The van der Waals surface area contributed by atoms with Gasteiger partial charge in [-0.05, 0) is 57.0 Å². The van der Waals surface area contributed by atoms with E-state index in [0.717, 1.165) is 12.8 Å². The predicted molar refractivity (Wildman–Crippen MR) is 119 cm³/mol. The van der Waals surface area contributed by atoms with Crippen molar-refractivity contribution in [1.29, 1.82) is 0 Å². The van der Waals surface area contributed by atoms with Crippen LogP contribution in [0.3, 0.4) is 0 Å². The van der Waals surface area contributed by atoms with Crippen molar-refractivity contribution in [3.63, 3.8) is 0 Å². The minimum atomic E-state index is -3.86. The van der Waals surface area contributed by atoms with Crippen molar-refractivity contribution in [3.8, 4) is 0 Å². The van der Waals surface area contributed by atoms with Crippen LogP contribution in [0, 0.1) is 13.8 Å². The molecule has 1 saturated carbocycles. The number of hydrogen-bond donors (Lipinski definition) is 4. The Bertz CT molecular complexity index is 1250. The van der Waals surface area contributed by atoms with Crippen LogP contribution in [0.4, 0.5) is 23.4 Å². The quantitative estimate of drug-likeness (QED) is 0.399. The minimum Gasteiger partial charge on any atom is -0.367 e. The van der Waals surface area contributed by atoms with Gasteiger partial charge in [-0.1, -0.05) is 0 Å². The van der Waals surface area contributed by atoms with Gasteiger partial charge in [0, 0.05) is 29.3 Å². The largest absolute Gasteiger partial charge is 0.367 e. The van der Waals surface area contributed by atoms with Gasteiger partial charge in [0.2, 0.25) is 11.9 Å². The standard InChI is InChI=1S/C20H22N8O3S/c1-11-9-12(2)24-20(23-11)28-32(30,31)15-7-5-14(6-8-15)26-19-22-10-16(17(21)29)18(27-19)25-13-3-4-13/h5-10,13H,3-4H2,1-2H3,(H2,21,29)(H,23,24,28)(H2,22,25,26,27). The maximum atomic E-state index is 12.7.